The summed E-state index contributed by atoms with van der Waals surface area (Å²) in [7, 11) is -2.79. The van der Waals surface area contributed by atoms with Crippen molar-refractivity contribution in [1.29, 1.82) is 0 Å². The highest BCUT2D eigenvalue weighted by Crippen LogP contribution is 2.59. The predicted octanol–water partition coefficient (Wildman–Crippen LogP) is 6.01. The van der Waals surface area contributed by atoms with Gasteiger partial charge in [-0.3, -0.25) is 4.57 Å². The summed E-state index contributed by atoms with van der Waals surface area (Å²) in [6.45, 7) is 6.90. The Morgan fingerprint density at radius 3 is 2.33 bits per heavy atom. The fourth-order valence-electron chi connectivity index (χ4n) is 4.67. The van der Waals surface area contributed by atoms with Crippen LogP contribution in [0, 0.1) is 17.8 Å². The lowest BCUT2D eigenvalue weighted by atomic mass is 9.75. The van der Waals surface area contributed by atoms with Crippen molar-refractivity contribution in [3.05, 3.63) is 30.3 Å². The first-order valence-corrected chi connectivity index (χ1v) is 11.5. The molecule has 4 atom stereocenters. The van der Waals surface area contributed by atoms with Crippen molar-refractivity contribution in [3.63, 3.8) is 0 Å². The highest BCUT2D eigenvalue weighted by Gasteiger charge is 2.43. The van der Waals surface area contributed by atoms with Crippen LogP contribution in [0.4, 0.5) is 0 Å². The van der Waals surface area contributed by atoms with Crippen molar-refractivity contribution >= 4 is 12.7 Å². The van der Waals surface area contributed by atoms with E-state index in [1.807, 2.05) is 30.3 Å². The molecule has 0 N–H and O–H groups in total. The summed E-state index contributed by atoms with van der Waals surface area (Å²) in [5.41, 5.74) is 0.227. The molecule has 1 aromatic rings. The summed E-state index contributed by atoms with van der Waals surface area (Å²) in [5, 5.41) is 0.942. The summed E-state index contributed by atoms with van der Waals surface area (Å²) in [5.74, 6) is 1.81. The van der Waals surface area contributed by atoms with Crippen molar-refractivity contribution in [2.45, 2.75) is 77.5 Å². The van der Waals surface area contributed by atoms with Gasteiger partial charge in [0.05, 0.1) is 6.10 Å². The summed E-state index contributed by atoms with van der Waals surface area (Å²) < 4.78 is 20.8. The molecule has 24 heavy (non-hydrogen) atoms. The maximum Gasteiger partial charge on any atom is 0.235 e. The van der Waals surface area contributed by atoms with E-state index in [9.17, 15) is 4.57 Å². The van der Waals surface area contributed by atoms with Gasteiger partial charge in [0, 0.05) is 11.0 Å². The Morgan fingerprint density at radius 1 is 1.04 bits per heavy atom. The van der Waals surface area contributed by atoms with Gasteiger partial charge in [-0.1, -0.05) is 58.2 Å². The third-order valence-electron chi connectivity index (χ3n) is 6.17. The molecular formula is C21H33O2P. The van der Waals surface area contributed by atoms with Crippen LogP contribution in [0.5, 0.6) is 0 Å². The minimum absolute atomic E-state index is 0.153. The standard InChI is InChI=1S/C21H33O2P/c1-16(2)20-14-13-17(3)15-21(20)23-24(22,19-11-7-8-12-19)18-9-5-4-6-10-18/h4-6,9-10,16-17,19-21H,7-8,11-15H2,1-3H3/t17-,20+,21-,24-/m1/s1. The Balaban J connectivity index is 1.89. The molecule has 134 valence electrons. The topological polar surface area (TPSA) is 26.3 Å². The number of rotatable bonds is 5. The van der Waals surface area contributed by atoms with Crippen molar-refractivity contribution < 1.29 is 9.09 Å². The zero-order chi connectivity index (χ0) is 17.2. The number of hydrogen-bond acceptors (Lipinski definition) is 2. The maximum absolute atomic E-state index is 14.1. The minimum atomic E-state index is -2.79. The van der Waals surface area contributed by atoms with Gasteiger partial charge < -0.3 is 4.52 Å². The number of benzene rings is 1. The van der Waals surface area contributed by atoms with Gasteiger partial charge in [-0.25, -0.2) is 0 Å². The van der Waals surface area contributed by atoms with E-state index in [1.165, 1.54) is 25.7 Å². The Kier molecular flexibility index (Phi) is 5.88. The SMILES string of the molecule is CC(C)[C@@H]1CC[C@@H](C)C[C@H]1O[P@](=O)(c1ccccc1)C1CCCC1. The summed E-state index contributed by atoms with van der Waals surface area (Å²) in [6, 6.07) is 10.1. The van der Waals surface area contributed by atoms with Crippen molar-refractivity contribution in [2.24, 2.45) is 17.8 Å². The highest BCUT2D eigenvalue weighted by molar-refractivity contribution is 7.67. The molecule has 0 radical (unpaired) electrons. The molecule has 0 unspecified atom stereocenters. The second-order valence-electron chi connectivity index (χ2n) is 8.34. The van der Waals surface area contributed by atoms with Crippen LogP contribution >= 0.6 is 7.37 Å². The van der Waals surface area contributed by atoms with E-state index in [0.717, 1.165) is 24.6 Å². The van der Waals surface area contributed by atoms with E-state index < -0.39 is 7.37 Å². The fourth-order valence-corrected chi connectivity index (χ4v) is 7.67. The molecule has 2 fully saturated rings. The molecule has 2 saturated carbocycles. The van der Waals surface area contributed by atoms with Crippen molar-refractivity contribution in [1.82, 2.24) is 0 Å². The second kappa shape index (κ2) is 7.75. The van der Waals surface area contributed by atoms with Crippen LogP contribution in [-0.4, -0.2) is 11.8 Å². The van der Waals surface area contributed by atoms with Gasteiger partial charge in [-0.2, -0.15) is 0 Å². The van der Waals surface area contributed by atoms with Crippen molar-refractivity contribution in [2.75, 3.05) is 0 Å². The van der Waals surface area contributed by atoms with Crippen LogP contribution in [0.3, 0.4) is 0 Å². The van der Waals surface area contributed by atoms with Crippen LogP contribution in [0.2, 0.25) is 0 Å². The predicted molar refractivity (Wildman–Crippen MR) is 102 cm³/mol. The third kappa shape index (κ3) is 3.81. The first-order chi connectivity index (χ1) is 11.5. The summed E-state index contributed by atoms with van der Waals surface area (Å²) >= 11 is 0. The van der Waals surface area contributed by atoms with Crippen LogP contribution in [0.1, 0.15) is 65.7 Å². The van der Waals surface area contributed by atoms with Crippen LogP contribution in [0.15, 0.2) is 30.3 Å². The molecule has 0 bridgehead atoms. The largest absolute Gasteiger partial charge is 0.321 e. The minimum Gasteiger partial charge on any atom is -0.321 e. The fraction of sp³-hybridized carbons (Fsp3) is 0.714. The van der Waals surface area contributed by atoms with Gasteiger partial charge in [0.25, 0.3) is 0 Å². The molecule has 0 amide bonds. The first kappa shape index (κ1) is 18.2. The zero-order valence-electron chi connectivity index (χ0n) is 15.5. The van der Waals surface area contributed by atoms with Gasteiger partial charge in [-0.15, -0.1) is 0 Å². The van der Waals surface area contributed by atoms with E-state index >= 15 is 0 Å². The van der Waals surface area contributed by atoms with Gasteiger partial charge in [-0.05, 0) is 55.6 Å². The van der Waals surface area contributed by atoms with Gasteiger partial charge in [0.1, 0.15) is 0 Å². The lowest BCUT2D eigenvalue weighted by molar-refractivity contribution is 0.0486. The quantitative estimate of drug-likeness (QED) is 0.609. The smallest absolute Gasteiger partial charge is 0.235 e. The second-order valence-corrected chi connectivity index (χ2v) is 11.0. The van der Waals surface area contributed by atoms with E-state index in [0.29, 0.717) is 17.8 Å². The Morgan fingerprint density at radius 2 is 1.71 bits per heavy atom. The van der Waals surface area contributed by atoms with Crippen molar-refractivity contribution in [3.8, 4) is 0 Å². The molecule has 1 aromatic carbocycles. The van der Waals surface area contributed by atoms with Crippen LogP contribution in [-0.2, 0) is 9.09 Å². The Hall–Kier alpha value is -0.590. The average molecular weight is 348 g/mol. The molecule has 2 nitrogen and oxygen atoms in total. The first-order valence-electron chi connectivity index (χ1n) is 9.84. The molecule has 0 aromatic heterocycles. The molecular weight excluding hydrogens is 315 g/mol. The Bertz CT molecular complexity index is 562. The number of hydrogen-bond donors (Lipinski definition) is 0. The lowest BCUT2D eigenvalue weighted by Gasteiger charge is -2.40. The molecule has 2 aliphatic rings. The van der Waals surface area contributed by atoms with E-state index in [-0.39, 0.29) is 11.8 Å². The van der Waals surface area contributed by atoms with E-state index in [2.05, 4.69) is 20.8 Å². The van der Waals surface area contributed by atoms with Gasteiger partial charge in [0.2, 0.25) is 7.37 Å². The molecule has 0 aliphatic heterocycles. The maximum atomic E-state index is 14.1. The zero-order valence-corrected chi connectivity index (χ0v) is 16.4. The van der Waals surface area contributed by atoms with E-state index in [4.69, 9.17) is 4.52 Å². The molecule has 2 aliphatic carbocycles. The van der Waals surface area contributed by atoms with Gasteiger partial charge in [0.15, 0.2) is 0 Å². The van der Waals surface area contributed by atoms with E-state index in [1.54, 1.807) is 0 Å². The molecule has 3 rings (SSSR count). The summed E-state index contributed by atoms with van der Waals surface area (Å²) in [6.07, 6.45) is 8.21. The van der Waals surface area contributed by atoms with Gasteiger partial charge >= 0.3 is 0 Å². The van der Waals surface area contributed by atoms with Crippen LogP contribution in [0.25, 0.3) is 0 Å². The Labute approximate surface area is 147 Å². The molecule has 0 saturated heterocycles. The summed E-state index contributed by atoms with van der Waals surface area (Å²) in [4.78, 5) is 0. The average Bonchev–Trinajstić information content (AvgIpc) is 3.10. The highest BCUT2D eigenvalue weighted by atomic mass is 31.2. The third-order valence-corrected chi connectivity index (χ3v) is 9.25. The molecule has 0 heterocycles. The lowest BCUT2D eigenvalue weighted by Crippen LogP contribution is -2.35. The van der Waals surface area contributed by atoms with Crippen LogP contribution < -0.4 is 5.30 Å². The normalized spacial score (nSPS) is 31.2. The molecule has 0 spiro atoms. The molecule has 3 heteroatoms. The monoisotopic (exact) mass is 348 g/mol.